The summed E-state index contributed by atoms with van der Waals surface area (Å²) >= 11 is 0. The third kappa shape index (κ3) is 4.80. The Morgan fingerprint density at radius 2 is 1.84 bits per heavy atom. The molecule has 7 rings (SSSR count). The highest BCUT2D eigenvalue weighted by molar-refractivity contribution is 5.80. The standard InChI is InChI=1S/C28H33FN6O2/c1-37-27-5-3-2-4-26(27)32-12-14-33(15-13-32)28(36)24-18-34-11-10-21(24)16-23(34)17-35-19-25(30-31-35)20-6-8-22(29)9-7-20/h2-9,19,21,23-24H,10-18H2,1H3/t21-,23+,24-/m0/s1. The van der Waals surface area contributed by atoms with Gasteiger partial charge in [-0.1, -0.05) is 17.3 Å². The lowest BCUT2D eigenvalue weighted by atomic mass is 9.75. The molecule has 4 aliphatic rings. The second-order valence-corrected chi connectivity index (χ2v) is 10.4. The molecule has 0 radical (unpaired) electrons. The van der Waals surface area contributed by atoms with Crippen molar-refractivity contribution in [2.24, 2.45) is 11.8 Å². The van der Waals surface area contributed by atoms with Crippen molar-refractivity contribution in [1.82, 2.24) is 24.8 Å². The van der Waals surface area contributed by atoms with Crippen LogP contribution in [0.4, 0.5) is 10.1 Å². The van der Waals surface area contributed by atoms with Crippen LogP contribution < -0.4 is 9.64 Å². The molecule has 0 saturated carbocycles. The summed E-state index contributed by atoms with van der Waals surface area (Å²) in [7, 11) is 1.70. The smallest absolute Gasteiger partial charge is 0.227 e. The molecule has 5 heterocycles. The summed E-state index contributed by atoms with van der Waals surface area (Å²) in [5.41, 5.74) is 2.70. The molecule has 37 heavy (non-hydrogen) atoms. The van der Waals surface area contributed by atoms with Gasteiger partial charge in [-0.25, -0.2) is 4.39 Å². The minimum atomic E-state index is -0.260. The van der Waals surface area contributed by atoms with Gasteiger partial charge in [0, 0.05) is 44.3 Å². The summed E-state index contributed by atoms with van der Waals surface area (Å²) in [4.78, 5) is 20.4. The number of benzene rings is 2. The van der Waals surface area contributed by atoms with Crippen LogP contribution in [0.2, 0.25) is 0 Å². The number of aromatic nitrogens is 3. The summed E-state index contributed by atoms with van der Waals surface area (Å²) in [6, 6.07) is 14.8. The number of halogens is 1. The predicted molar refractivity (Wildman–Crippen MR) is 139 cm³/mol. The first-order valence-electron chi connectivity index (χ1n) is 13.2. The number of methoxy groups -OCH3 is 1. The van der Waals surface area contributed by atoms with E-state index in [1.165, 1.54) is 12.1 Å². The largest absolute Gasteiger partial charge is 0.495 e. The molecule has 0 aliphatic carbocycles. The third-order valence-corrected chi connectivity index (χ3v) is 8.29. The number of rotatable bonds is 6. The minimum Gasteiger partial charge on any atom is -0.495 e. The molecule has 4 atom stereocenters. The molecular formula is C28H33FN6O2. The Morgan fingerprint density at radius 1 is 1.05 bits per heavy atom. The summed E-state index contributed by atoms with van der Waals surface area (Å²) in [6.45, 7) is 5.73. The van der Waals surface area contributed by atoms with E-state index in [1.807, 2.05) is 29.1 Å². The van der Waals surface area contributed by atoms with Gasteiger partial charge in [0.2, 0.25) is 5.91 Å². The molecular weight excluding hydrogens is 471 g/mol. The monoisotopic (exact) mass is 504 g/mol. The molecule has 8 nitrogen and oxygen atoms in total. The van der Waals surface area contributed by atoms with E-state index >= 15 is 0 Å². The van der Waals surface area contributed by atoms with Crippen molar-refractivity contribution in [3.05, 3.63) is 60.5 Å². The maximum Gasteiger partial charge on any atom is 0.227 e. The van der Waals surface area contributed by atoms with Gasteiger partial charge in [-0.3, -0.25) is 14.4 Å². The SMILES string of the molecule is COc1ccccc1N1CCN(C(=O)[C@H]2CN3CC[C@H]2C[C@@H]3Cn2cc(-c3ccc(F)cc3)nn2)CC1. The van der Waals surface area contributed by atoms with Crippen LogP contribution in [0.5, 0.6) is 5.75 Å². The van der Waals surface area contributed by atoms with Gasteiger partial charge < -0.3 is 14.5 Å². The first kappa shape index (κ1) is 23.9. The van der Waals surface area contributed by atoms with E-state index in [-0.39, 0.29) is 11.7 Å². The number of hydrogen-bond donors (Lipinski definition) is 0. The molecule has 2 bridgehead atoms. The van der Waals surface area contributed by atoms with E-state index < -0.39 is 0 Å². The number of para-hydroxylation sites is 2. The van der Waals surface area contributed by atoms with Gasteiger partial charge >= 0.3 is 0 Å². The highest BCUT2D eigenvalue weighted by Gasteiger charge is 2.44. The van der Waals surface area contributed by atoms with Crippen molar-refractivity contribution in [2.75, 3.05) is 51.3 Å². The fraction of sp³-hybridized carbons (Fsp3) is 0.464. The Morgan fingerprint density at radius 3 is 2.57 bits per heavy atom. The van der Waals surface area contributed by atoms with E-state index in [0.29, 0.717) is 17.9 Å². The average Bonchev–Trinajstić information content (AvgIpc) is 3.42. The van der Waals surface area contributed by atoms with Gasteiger partial charge in [-0.15, -0.1) is 5.10 Å². The van der Waals surface area contributed by atoms with E-state index in [9.17, 15) is 9.18 Å². The van der Waals surface area contributed by atoms with Gasteiger partial charge in [-0.2, -0.15) is 0 Å². The first-order chi connectivity index (χ1) is 18.1. The van der Waals surface area contributed by atoms with Crippen LogP contribution in [0, 0.1) is 17.7 Å². The highest BCUT2D eigenvalue weighted by Crippen LogP contribution is 2.38. The summed E-state index contributed by atoms with van der Waals surface area (Å²) in [6.07, 6.45) is 4.01. The molecule has 1 amide bonds. The Balaban J connectivity index is 1.05. The van der Waals surface area contributed by atoms with Crippen LogP contribution in [-0.2, 0) is 11.3 Å². The van der Waals surface area contributed by atoms with Gasteiger partial charge in [0.05, 0.1) is 31.5 Å². The molecule has 1 aromatic heterocycles. The van der Waals surface area contributed by atoms with Crippen LogP contribution in [0.3, 0.4) is 0 Å². The quantitative estimate of drug-likeness (QED) is 0.514. The van der Waals surface area contributed by atoms with E-state index in [4.69, 9.17) is 4.74 Å². The fourth-order valence-electron chi connectivity index (χ4n) is 6.26. The first-order valence-corrected chi connectivity index (χ1v) is 13.2. The number of carbonyl (C=O) groups is 1. The summed E-state index contributed by atoms with van der Waals surface area (Å²) < 4.78 is 20.7. The topological polar surface area (TPSA) is 66.7 Å². The van der Waals surface area contributed by atoms with Crippen LogP contribution in [0.25, 0.3) is 11.3 Å². The van der Waals surface area contributed by atoms with Crippen LogP contribution >= 0.6 is 0 Å². The van der Waals surface area contributed by atoms with Crippen LogP contribution in [0.1, 0.15) is 12.8 Å². The van der Waals surface area contributed by atoms with Crippen molar-refractivity contribution < 1.29 is 13.9 Å². The number of carbonyl (C=O) groups excluding carboxylic acids is 1. The molecule has 0 spiro atoms. The lowest BCUT2D eigenvalue weighted by Crippen LogP contribution is -2.60. The molecule has 9 heteroatoms. The lowest BCUT2D eigenvalue weighted by molar-refractivity contribution is -0.144. The predicted octanol–water partition coefficient (Wildman–Crippen LogP) is 3.15. The van der Waals surface area contributed by atoms with Gasteiger partial charge in [0.1, 0.15) is 17.3 Å². The molecule has 1 unspecified atom stereocenters. The number of nitrogens with zero attached hydrogens (tertiary/aromatic N) is 6. The average molecular weight is 505 g/mol. The maximum atomic E-state index is 13.6. The molecule has 4 aliphatic heterocycles. The molecule has 3 aromatic rings. The van der Waals surface area contributed by atoms with Gasteiger partial charge in [0.15, 0.2) is 0 Å². The van der Waals surface area contributed by atoms with Crippen molar-refractivity contribution in [3.63, 3.8) is 0 Å². The second-order valence-electron chi connectivity index (χ2n) is 10.4. The van der Waals surface area contributed by atoms with Crippen molar-refractivity contribution in [3.8, 4) is 17.0 Å². The Hall–Kier alpha value is -3.46. The van der Waals surface area contributed by atoms with Crippen molar-refractivity contribution in [1.29, 1.82) is 0 Å². The number of amides is 1. The van der Waals surface area contributed by atoms with E-state index in [0.717, 1.165) is 81.3 Å². The zero-order chi connectivity index (χ0) is 25.4. The van der Waals surface area contributed by atoms with Gasteiger partial charge in [0.25, 0.3) is 0 Å². The van der Waals surface area contributed by atoms with E-state index in [2.05, 4.69) is 31.1 Å². The molecule has 2 aromatic carbocycles. The molecule has 0 N–H and O–H groups in total. The number of hydrogen-bond acceptors (Lipinski definition) is 6. The van der Waals surface area contributed by atoms with Crippen LogP contribution in [-0.4, -0.2) is 83.1 Å². The number of piperazine rings is 1. The molecule has 4 saturated heterocycles. The number of ether oxygens (including phenoxy) is 1. The normalized spacial score (nSPS) is 25.4. The number of anilines is 1. The number of fused-ring (bicyclic) bond motifs is 3. The minimum absolute atomic E-state index is 0.0772. The van der Waals surface area contributed by atoms with Crippen molar-refractivity contribution >= 4 is 11.6 Å². The van der Waals surface area contributed by atoms with E-state index in [1.54, 1.807) is 19.2 Å². The Bertz CT molecular complexity index is 1240. The van der Waals surface area contributed by atoms with Gasteiger partial charge in [-0.05, 0) is 61.7 Å². The summed E-state index contributed by atoms with van der Waals surface area (Å²) in [5, 5.41) is 8.61. The second kappa shape index (κ2) is 10.1. The van der Waals surface area contributed by atoms with Crippen molar-refractivity contribution in [2.45, 2.75) is 25.4 Å². The zero-order valence-corrected chi connectivity index (χ0v) is 21.2. The summed E-state index contributed by atoms with van der Waals surface area (Å²) in [5.74, 6) is 1.42. The Kier molecular flexibility index (Phi) is 6.54. The third-order valence-electron chi connectivity index (χ3n) is 8.29. The maximum absolute atomic E-state index is 13.6. The highest BCUT2D eigenvalue weighted by atomic mass is 19.1. The van der Waals surface area contributed by atoms with Crippen LogP contribution in [0.15, 0.2) is 54.7 Å². The zero-order valence-electron chi connectivity index (χ0n) is 21.2. The Labute approximate surface area is 216 Å². The fourth-order valence-corrected chi connectivity index (χ4v) is 6.26. The lowest BCUT2D eigenvalue weighted by Gasteiger charge is -2.50. The molecule has 4 fully saturated rings. The number of piperidine rings is 3. The molecule has 194 valence electrons.